The first-order chi connectivity index (χ1) is 9.95. The number of hydrogen-bond donors (Lipinski definition) is 2. The van der Waals surface area contributed by atoms with Crippen molar-refractivity contribution in [2.45, 2.75) is 19.3 Å². The minimum Gasteiger partial charge on any atom is -0.370 e. The largest absolute Gasteiger partial charge is 0.370 e. The summed E-state index contributed by atoms with van der Waals surface area (Å²) in [5, 5.41) is 10.6. The van der Waals surface area contributed by atoms with Crippen LogP contribution >= 0.6 is 0 Å². The van der Waals surface area contributed by atoms with Crippen LogP contribution in [0, 0.1) is 16.0 Å². The zero-order valence-electron chi connectivity index (χ0n) is 11.6. The lowest BCUT2D eigenvalue weighted by molar-refractivity contribution is -0.384. The second-order valence-electron chi connectivity index (χ2n) is 5.34. The maximum atomic E-state index is 12.0. The van der Waals surface area contributed by atoms with Gasteiger partial charge in [0.2, 0.25) is 5.91 Å². The lowest BCUT2D eigenvalue weighted by atomic mass is 9.93. The van der Waals surface area contributed by atoms with Gasteiger partial charge in [-0.2, -0.15) is 0 Å². The average Bonchev–Trinajstić information content (AvgIpc) is 2.90. The molecule has 1 aliphatic heterocycles. The number of ketones is 1. The molecular weight excluding hydrogens is 276 g/mol. The van der Waals surface area contributed by atoms with Gasteiger partial charge in [0, 0.05) is 12.5 Å². The second kappa shape index (κ2) is 6.49. The van der Waals surface area contributed by atoms with Crippen molar-refractivity contribution in [3.63, 3.8) is 0 Å². The van der Waals surface area contributed by atoms with Crippen molar-refractivity contribution >= 4 is 17.4 Å². The highest BCUT2D eigenvalue weighted by molar-refractivity contribution is 5.96. The summed E-state index contributed by atoms with van der Waals surface area (Å²) in [5.74, 6) is -0.167. The molecule has 1 aromatic heterocycles. The number of aromatic amines is 1. The Labute approximate surface area is 121 Å². The lowest BCUT2D eigenvalue weighted by Crippen LogP contribution is -2.38. The van der Waals surface area contributed by atoms with Crippen molar-refractivity contribution in [2.75, 3.05) is 19.6 Å². The number of H-pyrrole nitrogens is 1. The van der Waals surface area contributed by atoms with Gasteiger partial charge in [-0.05, 0) is 31.8 Å². The molecule has 0 aliphatic carbocycles. The summed E-state index contributed by atoms with van der Waals surface area (Å²) < 4.78 is 0. The third kappa shape index (κ3) is 4.12. The Balaban J connectivity index is 1.83. The molecule has 114 valence electrons. The number of nitrogens with zero attached hydrogens (tertiary/aromatic N) is 2. The Morgan fingerprint density at radius 3 is 2.62 bits per heavy atom. The number of hydrogen-bond acceptors (Lipinski definition) is 5. The highest BCUT2D eigenvalue weighted by Gasteiger charge is 2.23. The van der Waals surface area contributed by atoms with Crippen LogP contribution in [0.5, 0.6) is 0 Å². The minimum atomic E-state index is -0.539. The fourth-order valence-corrected chi connectivity index (χ4v) is 2.57. The molecule has 3 N–H and O–H groups in total. The van der Waals surface area contributed by atoms with Crippen LogP contribution in [0.1, 0.15) is 29.8 Å². The molecule has 8 heteroatoms. The fourth-order valence-electron chi connectivity index (χ4n) is 2.57. The van der Waals surface area contributed by atoms with E-state index in [0.717, 1.165) is 25.9 Å². The normalized spacial score (nSPS) is 16.8. The monoisotopic (exact) mass is 294 g/mol. The summed E-state index contributed by atoms with van der Waals surface area (Å²) in [7, 11) is 0. The van der Waals surface area contributed by atoms with E-state index in [4.69, 9.17) is 5.73 Å². The van der Waals surface area contributed by atoms with E-state index in [2.05, 4.69) is 4.98 Å². The Hall–Kier alpha value is -2.22. The van der Waals surface area contributed by atoms with Crippen molar-refractivity contribution in [2.24, 2.45) is 11.7 Å². The van der Waals surface area contributed by atoms with E-state index in [-0.39, 0.29) is 29.6 Å². The van der Waals surface area contributed by atoms with E-state index in [1.807, 2.05) is 4.90 Å². The van der Waals surface area contributed by atoms with Gasteiger partial charge in [0.15, 0.2) is 5.78 Å². The molecule has 0 atom stereocenters. The Bertz CT molecular complexity index is 546. The number of nitro groups is 1. The quantitative estimate of drug-likeness (QED) is 0.454. The summed E-state index contributed by atoms with van der Waals surface area (Å²) >= 11 is 0. The van der Waals surface area contributed by atoms with Crippen LogP contribution in [0.3, 0.4) is 0 Å². The van der Waals surface area contributed by atoms with E-state index in [0.29, 0.717) is 12.3 Å². The first-order valence-corrected chi connectivity index (χ1v) is 6.82. The van der Waals surface area contributed by atoms with Crippen molar-refractivity contribution in [1.29, 1.82) is 0 Å². The molecule has 0 unspecified atom stereocenters. The van der Waals surface area contributed by atoms with Crippen LogP contribution in [0.2, 0.25) is 0 Å². The number of nitrogens with two attached hydrogens (primary N) is 1. The molecule has 0 bridgehead atoms. The van der Waals surface area contributed by atoms with Crippen molar-refractivity contribution in [3.05, 3.63) is 28.1 Å². The molecule has 1 fully saturated rings. The number of aromatic nitrogens is 1. The van der Waals surface area contributed by atoms with Gasteiger partial charge in [-0.1, -0.05) is 0 Å². The summed E-state index contributed by atoms with van der Waals surface area (Å²) in [5.41, 5.74) is 5.31. The number of piperidine rings is 1. The van der Waals surface area contributed by atoms with Gasteiger partial charge in [-0.3, -0.25) is 24.6 Å². The molecule has 2 rings (SSSR count). The number of nitrogens with one attached hydrogen (secondary N) is 1. The second-order valence-corrected chi connectivity index (χ2v) is 5.34. The number of carbonyl (C=O) groups excluding carboxylic acids is 2. The molecule has 21 heavy (non-hydrogen) atoms. The number of carbonyl (C=O) groups is 2. The highest BCUT2D eigenvalue weighted by Crippen LogP contribution is 2.20. The first kappa shape index (κ1) is 15.2. The van der Waals surface area contributed by atoms with Crippen LogP contribution in [0.25, 0.3) is 0 Å². The molecule has 2 heterocycles. The molecule has 1 aromatic rings. The lowest BCUT2D eigenvalue weighted by Gasteiger charge is -2.30. The highest BCUT2D eigenvalue weighted by atomic mass is 16.6. The Morgan fingerprint density at radius 2 is 2.10 bits per heavy atom. The first-order valence-electron chi connectivity index (χ1n) is 6.82. The van der Waals surface area contributed by atoms with Gasteiger partial charge in [-0.15, -0.1) is 0 Å². The summed E-state index contributed by atoms with van der Waals surface area (Å²) in [6.07, 6.45) is 3.28. The zero-order chi connectivity index (χ0) is 15.4. The third-order valence-electron chi connectivity index (χ3n) is 3.74. The fraction of sp³-hybridized carbons (Fsp3) is 0.538. The van der Waals surface area contributed by atoms with Crippen molar-refractivity contribution in [1.82, 2.24) is 9.88 Å². The molecule has 1 saturated heterocycles. The molecular formula is C13H18N4O4. The van der Waals surface area contributed by atoms with Crippen LogP contribution in [0.4, 0.5) is 5.69 Å². The summed E-state index contributed by atoms with van der Waals surface area (Å²) in [4.78, 5) is 37.6. The van der Waals surface area contributed by atoms with Gasteiger partial charge in [0.1, 0.15) is 0 Å². The van der Waals surface area contributed by atoms with E-state index in [9.17, 15) is 19.7 Å². The Morgan fingerprint density at radius 1 is 1.43 bits per heavy atom. The number of likely N-dealkylation sites (tertiary alicyclic amines) is 1. The minimum absolute atomic E-state index is 0.112. The smallest absolute Gasteiger partial charge is 0.287 e. The van der Waals surface area contributed by atoms with Crippen LogP contribution < -0.4 is 5.73 Å². The maximum absolute atomic E-state index is 12.0. The zero-order valence-corrected chi connectivity index (χ0v) is 11.6. The van der Waals surface area contributed by atoms with Crippen molar-refractivity contribution < 1.29 is 14.5 Å². The Kier molecular flexibility index (Phi) is 4.69. The molecule has 0 aromatic carbocycles. The van der Waals surface area contributed by atoms with Gasteiger partial charge >= 0.3 is 0 Å². The van der Waals surface area contributed by atoms with E-state index in [1.54, 1.807) is 0 Å². The van der Waals surface area contributed by atoms with Gasteiger partial charge in [0.25, 0.3) is 5.69 Å². The van der Waals surface area contributed by atoms with Crippen LogP contribution in [-0.2, 0) is 4.79 Å². The molecule has 1 aliphatic rings. The van der Waals surface area contributed by atoms with Crippen LogP contribution in [0.15, 0.2) is 12.3 Å². The molecule has 1 amide bonds. The summed E-state index contributed by atoms with van der Waals surface area (Å²) in [6, 6.07) is 1.25. The third-order valence-corrected chi connectivity index (χ3v) is 3.74. The molecule has 0 radical (unpaired) electrons. The van der Waals surface area contributed by atoms with Gasteiger partial charge in [0.05, 0.1) is 23.4 Å². The predicted octanol–water partition coefficient (Wildman–Crippen LogP) is 0.693. The average molecular weight is 294 g/mol. The van der Waals surface area contributed by atoms with E-state index < -0.39 is 4.92 Å². The standard InChI is InChI=1S/C13H18N4O4/c14-13(19)5-9-1-3-16(4-2-9)8-12(18)11-6-10(7-15-11)17(20)21/h6-7,9,15H,1-5,8H2,(H2,14,19). The maximum Gasteiger partial charge on any atom is 0.287 e. The van der Waals surface area contributed by atoms with Gasteiger partial charge < -0.3 is 10.7 Å². The van der Waals surface area contributed by atoms with E-state index in [1.165, 1.54) is 12.3 Å². The predicted molar refractivity (Wildman–Crippen MR) is 74.8 cm³/mol. The van der Waals surface area contributed by atoms with Crippen LogP contribution in [-0.4, -0.2) is 46.1 Å². The topological polar surface area (TPSA) is 122 Å². The van der Waals surface area contributed by atoms with E-state index >= 15 is 0 Å². The molecule has 0 saturated carbocycles. The number of primary amides is 1. The number of Topliss-reactive ketones (excluding diaryl/α,β-unsaturated/α-hetero) is 1. The number of rotatable bonds is 6. The number of amides is 1. The molecule has 0 spiro atoms. The SMILES string of the molecule is NC(=O)CC1CCN(CC(=O)c2cc([N+](=O)[O-])c[nH]2)CC1. The summed E-state index contributed by atoms with van der Waals surface area (Å²) in [6.45, 7) is 1.68. The molecule has 8 nitrogen and oxygen atoms in total. The van der Waals surface area contributed by atoms with Gasteiger partial charge in [-0.25, -0.2) is 0 Å². The van der Waals surface area contributed by atoms with Crippen molar-refractivity contribution in [3.8, 4) is 0 Å².